The quantitative estimate of drug-likeness (QED) is 0.916. The normalized spacial score (nSPS) is 26.5. The minimum absolute atomic E-state index is 0.629. The molecule has 1 aromatic rings. The zero-order chi connectivity index (χ0) is 12.1. The van der Waals surface area contributed by atoms with Crippen molar-refractivity contribution in [3.8, 4) is 0 Å². The first-order chi connectivity index (χ1) is 8.29. The van der Waals surface area contributed by atoms with E-state index in [1.165, 1.54) is 38.5 Å². The van der Waals surface area contributed by atoms with E-state index in [1.54, 1.807) is 11.3 Å². The first-order valence-corrected chi connectivity index (χ1v) is 8.13. The van der Waals surface area contributed by atoms with Crippen LogP contribution in [-0.4, -0.2) is 28.5 Å². The zero-order valence-corrected chi connectivity index (χ0v) is 12.2. The molecule has 3 nitrogen and oxygen atoms in total. The van der Waals surface area contributed by atoms with Crippen molar-refractivity contribution in [2.75, 3.05) is 7.05 Å². The van der Waals surface area contributed by atoms with Gasteiger partial charge in [-0.25, -0.2) is 0 Å². The summed E-state index contributed by atoms with van der Waals surface area (Å²) in [6.45, 7) is 2.02. The molecule has 0 amide bonds. The van der Waals surface area contributed by atoms with Crippen molar-refractivity contribution in [1.29, 1.82) is 0 Å². The number of hydrogen-bond acceptors (Lipinski definition) is 5. The Kier molecular flexibility index (Phi) is 5.25. The Balaban J connectivity index is 1.98. The van der Waals surface area contributed by atoms with E-state index in [0.717, 1.165) is 9.35 Å². The molecule has 0 radical (unpaired) electrons. The van der Waals surface area contributed by atoms with Crippen LogP contribution in [0.5, 0.6) is 0 Å². The van der Waals surface area contributed by atoms with Crippen molar-refractivity contribution >= 4 is 23.1 Å². The van der Waals surface area contributed by atoms with Gasteiger partial charge in [0.1, 0.15) is 5.01 Å². The van der Waals surface area contributed by atoms with Gasteiger partial charge < -0.3 is 5.32 Å². The summed E-state index contributed by atoms with van der Waals surface area (Å²) in [7, 11) is 2.09. The maximum Gasteiger partial charge on any atom is 0.174 e. The van der Waals surface area contributed by atoms with Crippen molar-refractivity contribution in [3.05, 3.63) is 5.01 Å². The lowest BCUT2D eigenvalue weighted by molar-refractivity contribution is 0.420. The molecule has 2 unspecified atom stereocenters. The number of aryl methyl sites for hydroxylation is 1. The van der Waals surface area contributed by atoms with Gasteiger partial charge >= 0.3 is 0 Å². The molecule has 1 fully saturated rings. The van der Waals surface area contributed by atoms with Gasteiger partial charge in [-0.15, -0.1) is 10.2 Å². The molecule has 0 saturated heterocycles. The molecule has 17 heavy (non-hydrogen) atoms. The molecule has 0 bridgehead atoms. The van der Waals surface area contributed by atoms with Gasteiger partial charge in [0.05, 0.1) is 0 Å². The van der Waals surface area contributed by atoms with Crippen LogP contribution in [0, 0.1) is 6.92 Å². The predicted molar refractivity (Wildman–Crippen MR) is 74.8 cm³/mol. The lowest BCUT2D eigenvalue weighted by Gasteiger charge is -2.27. The Morgan fingerprint density at radius 2 is 1.94 bits per heavy atom. The molecule has 96 valence electrons. The second-order valence-corrected chi connectivity index (χ2v) is 7.30. The Bertz CT molecular complexity index is 340. The summed E-state index contributed by atoms with van der Waals surface area (Å²) in [6, 6.07) is 0.629. The van der Waals surface area contributed by atoms with Crippen LogP contribution in [0.4, 0.5) is 0 Å². The van der Waals surface area contributed by atoms with Gasteiger partial charge in [-0.3, -0.25) is 0 Å². The largest absolute Gasteiger partial charge is 0.316 e. The van der Waals surface area contributed by atoms with Gasteiger partial charge in [-0.05, 0) is 26.8 Å². The molecule has 1 N–H and O–H groups in total. The smallest absolute Gasteiger partial charge is 0.174 e. The van der Waals surface area contributed by atoms with E-state index >= 15 is 0 Å². The highest BCUT2D eigenvalue weighted by atomic mass is 32.2. The average molecular weight is 271 g/mol. The van der Waals surface area contributed by atoms with Crippen molar-refractivity contribution in [2.45, 2.75) is 61.1 Å². The van der Waals surface area contributed by atoms with E-state index < -0.39 is 0 Å². The van der Waals surface area contributed by atoms with Gasteiger partial charge in [0.2, 0.25) is 0 Å². The fraction of sp³-hybridized carbons (Fsp3) is 0.833. The average Bonchev–Trinajstić information content (AvgIpc) is 2.69. The Morgan fingerprint density at radius 1 is 1.18 bits per heavy atom. The van der Waals surface area contributed by atoms with Crippen LogP contribution in [0.2, 0.25) is 0 Å². The molecule has 1 aliphatic rings. The minimum Gasteiger partial charge on any atom is -0.316 e. The molecular weight excluding hydrogens is 250 g/mol. The maximum absolute atomic E-state index is 4.24. The summed E-state index contributed by atoms with van der Waals surface area (Å²) in [5, 5.41) is 13.6. The number of hydrogen-bond donors (Lipinski definition) is 1. The number of thioether (sulfide) groups is 1. The molecule has 2 atom stereocenters. The maximum atomic E-state index is 4.24. The SMILES string of the molecule is CNC1CCCCCCC1Sc1nnc(C)s1. The highest BCUT2D eigenvalue weighted by molar-refractivity contribution is 8.01. The van der Waals surface area contributed by atoms with E-state index in [9.17, 15) is 0 Å². The van der Waals surface area contributed by atoms with Gasteiger partial charge in [0, 0.05) is 11.3 Å². The van der Waals surface area contributed by atoms with Crippen LogP contribution in [0.15, 0.2) is 4.34 Å². The third kappa shape index (κ3) is 3.93. The van der Waals surface area contributed by atoms with E-state index in [4.69, 9.17) is 0 Å². The summed E-state index contributed by atoms with van der Waals surface area (Å²) in [6.07, 6.45) is 8.10. The molecule has 0 aliphatic heterocycles. The topological polar surface area (TPSA) is 37.8 Å². The van der Waals surface area contributed by atoms with E-state index in [2.05, 4.69) is 22.6 Å². The van der Waals surface area contributed by atoms with Crippen LogP contribution in [-0.2, 0) is 0 Å². The Hall–Kier alpha value is -0.130. The first kappa shape index (κ1) is 13.3. The first-order valence-electron chi connectivity index (χ1n) is 6.43. The van der Waals surface area contributed by atoms with Gasteiger partial charge in [-0.1, -0.05) is 48.8 Å². The van der Waals surface area contributed by atoms with Crippen LogP contribution in [0.3, 0.4) is 0 Å². The fourth-order valence-electron chi connectivity index (χ4n) is 2.38. The number of nitrogens with one attached hydrogen (secondary N) is 1. The second-order valence-electron chi connectivity index (χ2n) is 4.63. The highest BCUT2D eigenvalue weighted by Gasteiger charge is 2.23. The summed E-state index contributed by atoms with van der Waals surface area (Å²) in [5.41, 5.74) is 0. The number of nitrogens with zero attached hydrogens (tertiary/aromatic N) is 2. The van der Waals surface area contributed by atoms with Gasteiger partial charge in [0.25, 0.3) is 0 Å². The molecule has 1 aliphatic carbocycles. The lowest BCUT2D eigenvalue weighted by atomic mass is 9.96. The van der Waals surface area contributed by atoms with Crippen LogP contribution >= 0.6 is 23.1 Å². The van der Waals surface area contributed by atoms with Gasteiger partial charge in [-0.2, -0.15) is 0 Å². The predicted octanol–water partition coefficient (Wildman–Crippen LogP) is 3.25. The van der Waals surface area contributed by atoms with Crippen LogP contribution in [0.1, 0.15) is 43.5 Å². The zero-order valence-electron chi connectivity index (χ0n) is 10.6. The summed E-state index contributed by atoms with van der Waals surface area (Å²) in [4.78, 5) is 0. The molecule has 1 heterocycles. The fourth-order valence-corrected chi connectivity index (χ4v) is 4.79. The lowest BCUT2D eigenvalue weighted by Crippen LogP contribution is -2.36. The summed E-state index contributed by atoms with van der Waals surface area (Å²) in [5.74, 6) is 0. The molecule has 1 aromatic heterocycles. The molecule has 1 saturated carbocycles. The van der Waals surface area contributed by atoms with Gasteiger partial charge in [0.15, 0.2) is 4.34 Å². The molecule has 0 spiro atoms. The number of aromatic nitrogens is 2. The van der Waals surface area contributed by atoms with Crippen molar-refractivity contribution < 1.29 is 0 Å². The molecule has 0 aromatic carbocycles. The summed E-state index contributed by atoms with van der Waals surface area (Å²) < 4.78 is 1.13. The van der Waals surface area contributed by atoms with Crippen molar-refractivity contribution in [1.82, 2.24) is 15.5 Å². The monoisotopic (exact) mass is 271 g/mol. The second kappa shape index (κ2) is 6.71. The Morgan fingerprint density at radius 3 is 2.59 bits per heavy atom. The molecule has 2 rings (SSSR count). The Labute approximate surface area is 112 Å². The highest BCUT2D eigenvalue weighted by Crippen LogP contribution is 2.33. The van der Waals surface area contributed by atoms with E-state index in [0.29, 0.717) is 11.3 Å². The van der Waals surface area contributed by atoms with E-state index in [1.807, 2.05) is 18.7 Å². The summed E-state index contributed by atoms with van der Waals surface area (Å²) >= 11 is 3.64. The third-order valence-electron chi connectivity index (χ3n) is 3.33. The van der Waals surface area contributed by atoms with Crippen LogP contribution < -0.4 is 5.32 Å². The molecular formula is C12H21N3S2. The van der Waals surface area contributed by atoms with E-state index in [-0.39, 0.29) is 0 Å². The van der Waals surface area contributed by atoms with Crippen LogP contribution in [0.25, 0.3) is 0 Å². The molecule has 5 heteroatoms. The van der Waals surface area contributed by atoms with Crippen molar-refractivity contribution in [2.24, 2.45) is 0 Å². The number of rotatable bonds is 3. The van der Waals surface area contributed by atoms with Crippen molar-refractivity contribution in [3.63, 3.8) is 0 Å². The third-order valence-corrected chi connectivity index (χ3v) is 5.66. The minimum atomic E-state index is 0.629. The standard InChI is InChI=1S/C12H21N3S2/c1-9-14-15-12(16-9)17-11-8-6-4-3-5-7-10(11)13-2/h10-11,13H,3-8H2,1-2H3.